The van der Waals surface area contributed by atoms with Crippen molar-refractivity contribution in [2.45, 2.75) is 44.7 Å². The molecule has 0 saturated carbocycles. The molecule has 0 bridgehead atoms. The number of nitrogens with one attached hydrogen (secondary N) is 1. The summed E-state index contributed by atoms with van der Waals surface area (Å²) in [6.45, 7) is 1.74. The Hall–Kier alpha value is -2.12. The fourth-order valence-electron chi connectivity index (χ4n) is 2.59. The second-order valence-corrected chi connectivity index (χ2v) is 5.17. The number of carbonyl (C=O) groups excluding carboxylic acids is 1. The molecule has 1 aromatic rings. The second kappa shape index (κ2) is 7.61. The summed E-state index contributed by atoms with van der Waals surface area (Å²) in [5.74, 6) is -0.813. The third-order valence-corrected chi connectivity index (χ3v) is 3.66. The van der Waals surface area contributed by atoms with Gasteiger partial charge < -0.3 is 15.3 Å². The number of nitrogens with zero attached hydrogens (tertiary/aromatic N) is 4. The molecule has 1 aromatic heterocycles. The molecule has 1 unspecified atom stereocenters. The standard InChI is InChI=1S/C13H21N5O3/c19-12(20)5-4-11-3-1-2-7-18(11)13(21)15-6-8-17-10-14-9-16-17/h9-11H,1-8H2,(H,15,21)(H,19,20). The van der Waals surface area contributed by atoms with E-state index in [0.717, 1.165) is 19.3 Å². The van der Waals surface area contributed by atoms with Gasteiger partial charge >= 0.3 is 12.0 Å². The number of aliphatic carboxylic acids is 1. The zero-order valence-corrected chi connectivity index (χ0v) is 11.9. The van der Waals surface area contributed by atoms with Crippen molar-refractivity contribution in [1.29, 1.82) is 0 Å². The van der Waals surface area contributed by atoms with Crippen molar-refractivity contribution in [1.82, 2.24) is 25.0 Å². The molecule has 2 N–H and O–H groups in total. The summed E-state index contributed by atoms with van der Waals surface area (Å²) in [6, 6.07) is -0.0913. The van der Waals surface area contributed by atoms with Gasteiger partial charge in [0.1, 0.15) is 12.7 Å². The SMILES string of the molecule is O=C(O)CCC1CCCCN1C(=O)NCCn1cncn1. The number of aromatic nitrogens is 3. The topological polar surface area (TPSA) is 100 Å². The summed E-state index contributed by atoms with van der Waals surface area (Å²) in [7, 11) is 0. The molecular weight excluding hydrogens is 274 g/mol. The number of rotatable bonds is 6. The molecule has 1 aliphatic heterocycles. The van der Waals surface area contributed by atoms with Crippen LogP contribution in [0, 0.1) is 0 Å². The van der Waals surface area contributed by atoms with Gasteiger partial charge in [0.15, 0.2) is 0 Å². The van der Waals surface area contributed by atoms with Gasteiger partial charge in [-0.3, -0.25) is 9.48 Å². The molecule has 1 fully saturated rings. The fraction of sp³-hybridized carbons (Fsp3) is 0.692. The predicted octanol–water partition coefficient (Wildman–Crippen LogP) is 0.707. The van der Waals surface area contributed by atoms with Crippen LogP contribution in [0.15, 0.2) is 12.7 Å². The summed E-state index contributed by atoms with van der Waals surface area (Å²) in [4.78, 5) is 28.5. The van der Waals surface area contributed by atoms with Gasteiger partial charge in [-0.2, -0.15) is 5.10 Å². The van der Waals surface area contributed by atoms with Crippen molar-refractivity contribution in [3.8, 4) is 0 Å². The van der Waals surface area contributed by atoms with Crippen LogP contribution in [0.3, 0.4) is 0 Å². The first-order chi connectivity index (χ1) is 10.2. The van der Waals surface area contributed by atoms with E-state index in [-0.39, 0.29) is 18.5 Å². The van der Waals surface area contributed by atoms with Crippen molar-refractivity contribution >= 4 is 12.0 Å². The highest BCUT2D eigenvalue weighted by Gasteiger charge is 2.26. The highest BCUT2D eigenvalue weighted by Crippen LogP contribution is 2.20. The first-order valence-electron chi connectivity index (χ1n) is 7.25. The van der Waals surface area contributed by atoms with E-state index in [1.807, 2.05) is 0 Å². The van der Waals surface area contributed by atoms with Crippen molar-refractivity contribution in [2.75, 3.05) is 13.1 Å². The molecule has 8 heteroatoms. The van der Waals surface area contributed by atoms with Gasteiger partial charge in [0.2, 0.25) is 0 Å². The van der Waals surface area contributed by atoms with E-state index in [1.165, 1.54) is 6.33 Å². The number of hydrogen-bond acceptors (Lipinski definition) is 4. The monoisotopic (exact) mass is 295 g/mol. The molecule has 0 radical (unpaired) electrons. The van der Waals surface area contributed by atoms with E-state index in [2.05, 4.69) is 15.4 Å². The lowest BCUT2D eigenvalue weighted by molar-refractivity contribution is -0.137. The first-order valence-corrected chi connectivity index (χ1v) is 7.25. The molecule has 116 valence electrons. The normalized spacial score (nSPS) is 18.5. The highest BCUT2D eigenvalue weighted by atomic mass is 16.4. The largest absolute Gasteiger partial charge is 0.481 e. The van der Waals surface area contributed by atoms with Gasteiger partial charge in [-0.25, -0.2) is 9.78 Å². The summed E-state index contributed by atoms with van der Waals surface area (Å²) in [6.07, 6.45) is 6.58. The number of amides is 2. The van der Waals surface area contributed by atoms with Crippen LogP contribution in [0.25, 0.3) is 0 Å². The summed E-state index contributed by atoms with van der Waals surface area (Å²) in [5, 5.41) is 15.6. The van der Waals surface area contributed by atoms with Gasteiger partial charge in [0.25, 0.3) is 0 Å². The third-order valence-electron chi connectivity index (χ3n) is 3.66. The number of urea groups is 1. The number of carboxylic acids is 1. The number of hydrogen-bond donors (Lipinski definition) is 2. The molecule has 8 nitrogen and oxygen atoms in total. The smallest absolute Gasteiger partial charge is 0.317 e. The van der Waals surface area contributed by atoms with E-state index in [4.69, 9.17) is 5.11 Å². The number of piperidine rings is 1. The van der Waals surface area contributed by atoms with E-state index in [1.54, 1.807) is 15.9 Å². The van der Waals surface area contributed by atoms with Crippen LogP contribution in [-0.2, 0) is 11.3 Å². The minimum atomic E-state index is -0.813. The predicted molar refractivity (Wildman–Crippen MR) is 74.6 cm³/mol. The minimum Gasteiger partial charge on any atom is -0.481 e. The average molecular weight is 295 g/mol. The lowest BCUT2D eigenvalue weighted by Crippen LogP contribution is -2.49. The molecule has 0 aliphatic carbocycles. The van der Waals surface area contributed by atoms with Gasteiger partial charge in [-0.1, -0.05) is 0 Å². The lowest BCUT2D eigenvalue weighted by Gasteiger charge is -2.35. The molecule has 1 aliphatic rings. The Kier molecular flexibility index (Phi) is 5.53. The Balaban J connectivity index is 1.78. The molecule has 2 rings (SSSR count). The zero-order valence-electron chi connectivity index (χ0n) is 11.9. The maximum absolute atomic E-state index is 12.2. The van der Waals surface area contributed by atoms with Crippen LogP contribution >= 0.6 is 0 Å². The first kappa shape index (κ1) is 15.3. The van der Waals surface area contributed by atoms with Gasteiger partial charge in [-0.15, -0.1) is 0 Å². The van der Waals surface area contributed by atoms with E-state index in [0.29, 0.717) is 26.1 Å². The molecule has 0 spiro atoms. The molecular formula is C13H21N5O3. The Labute approximate surface area is 123 Å². The van der Waals surface area contributed by atoms with Crippen LogP contribution in [0.1, 0.15) is 32.1 Å². The number of carboxylic acid groups (broad SMARTS) is 1. The summed E-state index contributed by atoms with van der Waals surface area (Å²) >= 11 is 0. The number of carbonyl (C=O) groups is 2. The van der Waals surface area contributed by atoms with Crippen LogP contribution in [0.4, 0.5) is 4.79 Å². The molecule has 2 heterocycles. The van der Waals surface area contributed by atoms with Crippen LogP contribution < -0.4 is 5.32 Å². The summed E-state index contributed by atoms with van der Waals surface area (Å²) < 4.78 is 1.65. The van der Waals surface area contributed by atoms with Gasteiger partial charge in [0.05, 0.1) is 6.54 Å². The molecule has 2 amide bonds. The fourth-order valence-corrected chi connectivity index (χ4v) is 2.59. The molecule has 1 saturated heterocycles. The van der Waals surface area contributed by atoms with E-state index in [9.17, 15) is 9.59 Å². The van der Waals surface area contributed by atoms with Crippen molar-refractivity contribution in [3.05, 3.63) is 12.7 Å². The van der Waals surface area contributed by atoms with Crippen molar-refractivity contribution in [3.63, 3.8) is 0 Å². The van der Waals surface area contributed by atoms with Crippen LogP contribution in [0.5, 0.6) is 0 Å². The van der Waals surface area contributed by atoms with Gasteiger partial charge in [-0.05, 0) is 25.7 Å². The molecule has 0 aromatic carbocycles. The van der Waals surface area contributed by atoms with Crippen molar-refractivity contribution in [2.24, 2.45) is 0 Å². The zero-order chi connectivity index (χ0) is 15.1. The van der Waals surface area contributed by atoms with E-state index < -0.39 is 5.97 Å². The third kappa shape index (κ3) is 4.73. The molecule has 1 atom stereocenters. The van der Waals surface area contributed by atoms with E-state index >= 15 is 0 Å². The summed E-state index contributed by atoms with van der Waals surface area (Å²) in [5.41, 5.74) is 0. The second-order valence-electron chi connectivity index (χ2n) is 5.17. The molecule has 21 heavy (non-hydrogen) atoms. The maximum atomic E-state index is 12.2. The van der Waals surface area contributed by atoms with Crippen LogP contribution in [0.2, 0.25) is 0 Å². The van der Waals surface area contributed by atoms with Crippen LogP contribution in [-0.4, -0.2) is 55.9 Å². The maximum Gasteiger partial charge on any atom is 0.317 e. The highest BCUT2D eigenvalue weighted by molar-refractivity contribution is 5.74. The van der Waals surface area contributed by atoms with Gasteiger partial charge in [0, 0.05) is 25.6 Å². The Morgan fingerprint density at radius 1 is 1.38 bits per heavy atom. The Bertz CT molecular complexity index is 462. The lowest BCUT2D eigenvalue weighted by atomic mass is 9.98. The minimum absolute atomic E-state index is 0.0289. The average Bonchev–Trinajstić information content (AvgIpc) is 2.98. The number of likely N-dealkylation sites (tertiary alicyclic amines) is 1. The Morgan fingerprint density at radius 3 is 2.95 bits per heavy atom. The quantitative estimate of drug-likeness (QED) is 0.805. The Morgan fingerprint density at radius 2 is 2.24 bits per heavy atom. The van der Waals surface area contributed by atoms with Crippen molar-refractivity contribution < 1.29 is 14.7 Å².